The largest absolute Gasteiger partial charge is 0.350 e. The molecule has 0 aliphatic heterocycles. The lowest BCUT2D eigenvalue weighted by Crippen LogP contribution is -2.14. The molecule has 0 fully saturated rings. The molecule has 26 heavy (non-hydrogen) atoms. The SMILES string of the molecule is O=C(Nc1ccc(F)cc1F)c1cnc(NCc2ccccc2Cl)nc1. The van der Waals surface area contributed by atoms with E-state index in [1.54, 1.807) is 6.07 Å². The van der Waals surface area contributed by atoms with Crippen molar-refractivity contribution < 1.29 is 13.6 Å². The summed E-state index contributed by atoms with van der Waals surface area (Å²) in [4.78, 5) is 20.2. The van der Waals surface area contributed by atoms with Gasteiger partial charge in [-0.25, -0.2) is 18.7 Å². The summed E-state index contributed by atoms with van der Waals surface area (Å²) in [5.74, 6) is -1.88. The van der Waals surface area contributed by atoms with E-state index in [2.05, 4.69) is 20.6 Å². The maximum absolute atomic E-state index is 13.6. The highest BCUT2D eigenvalue weighted by molar-refractivity contribution is 6.31. The number of benzene rings is 2. The van der Waals surface area contributed by atoms with E-state index in [1.165, 1.54) is 12.4 Å². The molecular formula is C18H13ClF2N4O. The first-order valence-electron chi connectivity index (χ1n) is 7.58. The summed E-state index contributed by atoms with van der Waals surface area (Å²) in [7, 11) is 0. The second-order valence-electron chi connectivity index (χ2n) is 5.32. The Kier molecular flexibility index (Phi) is 5.38. The number of carbonyl (C=O) groups excluding carboxylic acids is 1. The monoisotopic (exact) mass is 374 g/mol. The third kappa shape index (κ3) is 4.31. The Morgan fingerprint density at radius 3 is 2.50 bits per heavy atom. The smallest absolute Gasteiger partial charge is 0.258 e. The van der Waals surface area contributed by atoms with Gasteiger partial charge in [-0.05, 0) is 23.8 Å². The summed E-state index contributed by atoms with van der Waals surface area (Å²) in [6.07, 6.45) is 2.61. The Hall–Kier alpha value is -3.06. The van der Waals surface area contributed by atoms with E-state index in [4.69, 9.17) is 11.6 Å². The summed E-state index contributed by atoms with van der Waals surface area (Å²) in [6, 6.07) is 10.2. The number of carbonyl (C=O) groups is 1. The van der Waals surface area contributed by atoms with Gasteiger partial charge in [0.15, 0.2) is 0 Å². The van der Waals surface area contributed by atoms with Crippen molar-refractivity contribution in [3.05, 3.63) is 82.6 Å². The van der Waals surface area contributed by atoms with Gasteiger partial charge in [0.25, 0.3) is 5.91 Å². The van der Waals surface area contributed by atoms with Crippen molar-refractivity contribution in [1.82, 2.24) is 9.97 Å². The maximum atomic E-state index is 13.6. The Morgan fingerprint density at radius 2 is 1.81 bits per heavy atom. The summed E-state index contributed by atoms with van der Waals surface area (Å²) < 4.78 is 26.5. The Bertz CT molecular complexity index is 935. The summed E-state index contributed by atoms with van der Waals surface area (Å²) in [5, 5.41) is 5.96. The van der Waals surface area contributed by atoms with Crippen LogP contribution in [0.15, 0.2) is 54.9 Å². The predicted octanol–water partition coefficient (Wildman–Crippen LogP) is 4.27. The molecule has 2 N–H and O–H groups in total. The molecule has 0 saturated carbocycles. The number of rotatable bonds is 5. The number of hydrogen-bond donors (Lipinski definition) is 2. The van der Waals surface area contributed by atoms with E-state index in [0.717, 1.165) is 17.7 Å². The van der Waals surface area contributed by atoms with Crippen molar-refractivity contribution in [2.45, 2.75) is 6.54 Å². The van der Waals surface area contributed by atoms with Crippen LogP contribution in [0.5, 0.6) is 0 Å². The number of aromatic nitrogens is 2. The van der Waals surface area contributed by atoms with Crippen molar-refractivity contribution >= 4 is 29.1 Å². The van der Waals surface area contributed by atoms with Crippen LogP contribution in [0.3, 0.4) is 0 Å². The zero-order valence-corrected chi connectivity index (χ0v) is 14.1. The summed E-state index contributed by atoms with van der Waals surface area (Å²) in [5.41, 5.74) is 0.890. The van der Waals surface area contributed by atoms with Crippen LogP contribution in [0, 0.1) is 11.6 Å². The lowest BCUT2D eigenvalue weighted by molar-refractivity contribution is 0.102. The summed E-state index contributed by atoms with van der Waals surface area (Å²) >= 11 is 6.07. The minimum Gasteiger partial charge on any atom is -0.350 e. The van der Waals surface area contributed by atoms with E-state index in [1.807, 2.05) is 18.2 Å². The van der Waals surface area contributed by atoms with Gasteiger partial charge >= 0.3 is 0 Å². The molecule has 0 atom stereocenters. The van der Waals surface area contributed by atoms with Crippen LogP contribution in [-0.2, 0) is 6.54 Å². The van der Waals surface area contributed by atoms with E-state index in [9.17, 15) is 13.6 Å². The lowest BCUT2D eigenvalue weighted by atomic mass is 10.2. The number of halogens is 3. The first kappa shape index (κ1) is 17.8. The van der Waals surface area contributed by atoms with Gasteiger partial charge < -0.3 is 10.6 Å². The maximum Gasteiger partial charge on any atom is 0.258 e. The molecule has 0 aliphatic rings. The molecule has 0 bridgehead atoms. The Morgan fingerprint density at radius 1 is 1.08 bits per heavy atom. The summed E-state index contributed by atoms with van der Waals surface area (Å²) in [6.45, 7) is 0.423. The molecule has 3 rings (SSSR count). The second-order valence-corrected chi connectivity index (χ2v) is 5.73. The molecule has 0 radical (unpaired) electrons. The molecule has 3 aromatic rings. The van der Waals surface area contributed by atoms with Crippen molar-refractivity contribution in [2.75, 3.05) is 10.6 Å². The minimum absolute atomic E-state index is 0.127. The number of nitrogens with one attached hydrogen (secondary N) is 2. The average molecular weight is 375 g/mol. The van der Waals surface area contributed by atoms with Crippen LogP contribution in [0.1, 0.15) is 15.9 Å². The lowest BCUT2D eigenvalue weighted by Gasteiger charge is -2.08. The molecule has 1 aromatic heterocycles. The molecule has 0 spiro atoms. The highest BCUT2D eigenvalue weighted by atomic mass is 35.5. The van der Waals surface area contributed by atoms with Gasteiger partial charge in [-0.1, -0.05) is 29.8 Å². The van der Waals surface area contributed by atoms with Crippen molar-refractivity contribution in [3.63, 3.8) is 0 Å². The Balaban J connectivity index is 1.63. The molecule has 0 saturated heterocycles. The fraction of sp³-hybridized carbons (Fsp3) is 0.0556. The van der Waals surface area contributed by atoms with Crippen LogP contribution in [0.2, 0.25) is 5.02 Å². The number of anilines is 2. The van der Waals surface area contributed by atoms with E-state index in [0.29, 0.717) is 23.6 Å². The van der Waals surface area contributed by atoms with Gasteiger partial charge in [-0.15, -0.1) is 0 Å². The standard InChI is InChI=1S/C18H13ClF2N4O/c19-14-4-2-1-3-11(14)8-22-18-23-9-12(10-24-18)17(26)25-16-6-5-13(20)7-15(16)21/h1-7,9-10H,8H2,(H,25,26)(H,22,23,24). The average Bonchev–Trinajstić information content (AvgIpc) is 2.64. The quantitative estimate of drug-likeness (QED) is 0.699. The van der Waals surface area contributed by atoms with E-state index in [-0.39, 0.29) is 11.3 Å². The van der Waals surface area contributed by atoms with Gasteiger partial charge in [-0.2, -0.15) is 0 Å². The van der Waals surface area contributed by atoms with Crippen LogP contribution in [-0.4, -0.2) is 15.9 Å². The number of hydrogen-bond acceptors (Lipinski definition) is 4. The van der Waals surface area contributed by atoms with Crippen LogP contribution >= 0.6 is 11.6 Å². The first-order chi connectivity index (χ1) is 12.5. The topological polar surface area (TPSA) is 66.9 Å². The fourth-order valence-corrected chi connectivity index (χ4v) is 2.34. The normalized spacial score (nSPS) is 10.4. The van der Waals surface area contributed by atoms with Crippen molar-refractivity contribution in [3.8, 4) is 0 Å². The minimum atomic E-state index is -0.864. The molecule has 1 amide bonds. The highest BCUT2D eigenvalue weighted by Gasteiger charge is 2.11. The molecule has 5 nitrogen and oxygen atoms in total. The van der Waals surface area contributed by atoms with Crippen LogP contribution in [0.25, 0.3) is 0 Å². The highest BCUT2D eigenvalue weighted by Crippen LogP contribution is 2.17. The van der Waals surface area contributed by atoms with Gasteiger partial charge in [0.1, 0.15) is 11.6 Å². The van der Waals surface area contributed by atoms with E-state index < -0.39 is 17.5 Å². The van der Waals surface area contributed by atoms with Gasteiger partial charge in [-0.3, -0.25) is 4.79 Å². The second kappa shape index (κ2) is 7.88. The van der Waals surface area contributed by atoms with Gasteiger partial charge in [0, 0.05) is 30.0 Å². The molecule has 2 aromatic carbocycles. The van der Waals surface area contributed by atoms with Gasteiger partial charge in [0.05, 0.1) is 11.3 Å². The first-order valence-corrected chi connectivity index (χ1v) is 7.96. The van der Waals surface area contributed by atoms with Crippen molar-refractivity contribution in [1.29, 1.82) is 0 Å². The molecule has 8 heteroatoms. The third-order valence-electron chi connectivity index (χ3n) is 3.49. The van der Waals surface area contributed by atoms with Crippen molar-refractivity contribution in [2.24, 2.45) is 0 Å². The van der Waals surface area contributed by atoms with Crippen LogP contribution < -0.4 is 10.6 Å². The third-order valence-corrected chi connectivity index (χ3v) is 3.86. The predicted molar refractivity (Wildman–Crippen MR) is 95.1 cm³/mol. The molecule has 132 valence electrons. The zero-order valence-electron chi connectivity index (χ0n) is 13.3. The zero-order chi connectivity index (χ0) is 18.5. The van der Waals surface area contributed by atoms with Crippen LogP contribution in [0.4, 0.5) is 20.4 Å². The number of amides is 1. The van der Waals surface area contributed by atoms with E-state index >= 15 is 0 Å². The molecule has 1 heterocycles. The fourth-order valence-electron chi connectivity index (χ4n) is 2.14. The number of nitrogens with zero attached hydrogens (tertiary/aromatic N) is 2. The van der Waals surface area contributed by atoms with Gasteiger partial charge in [0.2, 0.25) is 5.95 Å². The molecule has 0 aliphatic carbocycles. The molecule has 0 unspecified atom stereocenters. The molecular weight excluding hydrogens is 362 g/mol. The Labute approximate surface area is 153 Å².